The molecule has 1 saturated heterocycles. The SMILES string of the molecule is Cc1ccccc1SCC(=O)NCC1([NH+]2CCCCC2)CCCCC1. The number of benzene rings is 1. The lowest BCUT2D eigenvalue weighted by Crippen LogP contribution is -3.22. The predicted octanol–water partition coefficient (Wildman–Crippen LogP) is 2.98. The van der Waals surface area contributed by atoms with E-state index in [-0.39, 0.29) is 5.91 Å². The topological polar surface area (TPSA) is 33.5 Å². The molecule has 4 heteroatoms. The average Bonchev–Trinajstić information content (AvgIpc) is 2.67. The third-order valence-electron chi connectivity index (χ3n) is 6.09. The van der Waals surface area contributed by atoms with E-state index < -0.39 is 0 Å². The van der Waals surface area contributed by atoms with Gasteiger partial charge in [-0.15, -0.1) is 11.8 Å². The number of rotatable bonds is 6. The fourth-order valence-electron chi connectivity index (χ4n) is 4.57. The van der Waals surface area contributed by atoms with Gasteiger partial charge in [0.2, 0.25) is 5.91 Å². The lowest BCUT2D eigenvalue weighted by Gasteiger charge is -2.45. The quantitative estimate of drug-likeness (QED) is 0.764. The smallest absolute Gasteiger partial charge is 0.230 e. The Balaban J connectivity index is 1.53. The molecule has 3 nitrogen and oxygen atoms in total. The minimum atomic E-state index is 0.189. The first-order valence-corrected chi connectivity index (χ1v) is 11.0. The summed E-state index contributed by atoms with van der Waals surface area (Å²) in [6.07, 6.45) is 10.7. The van der Waals surface area contributed by atoms with Crippen LogP contribution in [0, 0.1) is 6.92 Å². The Bertz CT molecular complexity index is 563. The summed E-state index contributed by atoms with van der Waals surface area (Å²) >= 11 is 1.66. The molecule has 2 fully saturated rings. The number of amides is 1. The Morgan fingerprint density at radius 2 is 1.76 bits per heavy atom. The van der Waals surface area contributed by atoms with Crippen molar-refractivity contribution in [3.05, 3.63) is 29.8 Å². The van der Waals surface area contributed by atoms with Crippen LogP contribution in [-0.2, 0) is 4.79 Å². The van der Waals surface area contributed by atoms with Crippen LogP contribution in [-0.4, -0.2) is 36.8 Å². The fraction of sp³-hybridized carbons (Fsp3) is 0.667. The third kappa shape index (κ3) is 5.01. The number of hydrogen-bond acceptors (Lipinski definition) is 2. The zero-order valence-electron chi connectivity index (χ0n) is 15.6. The molecule has 0 spiro atoms. The van der Waals surface area contributed by atoms with E-state index in [2.05, 4.69) is 24.4 Å². The number of piperidine rings is 1. The molecule has 138 valence electrons. The average molecular weight is 362 g/mol. The Hall–Kier alpha value is -1.00. The second kappa shape index (κ2) is 9.09. The molecule has 1 aromatic rings. The van der Waals surface area contributed by atoms with E-state index in [0.717, 1.165) is 6.54 Å². The van der Waals surface area contributed by atoms with Gasteiger partial charge in [0.15, 0.2) is 0 Å². The van der Waals surface area contributed by atoms with E-state index >= 15 is 0 Å². The van der Waals surface area contributed by atoms with Crippen molar-refractivity contribution >= 4 is 17.7 Å². The summed E-state index contributed by atoms with van der Waals surface area (Å²) in [5, 5.41) is 3.30. The molecular weight excluding hydrogens is 328 g/mol. The summed E-state index contributed by atoms with van der Waals surface area (Å²) in [6, 6.07) is 8.31. The molecule has 3 rings (SSSR count). The summed E-state index contributed by atoms with van der Waals surface area (Å²) < 4.78 is 0. The van der Waals surface area contributed by atoms with Crippen LogP contribution in [0.1, 0.15) is 56.9 Å². The van der Waals surface area contributed by atoms with Gasteiger partial charge in [-0.25, -0.2) is 0 Å². The summed E-state index contributed by atoms with van der Waals surface area (Å²) in [5.74, 6) is 0.714. The molecule has 0 atom stereocenters. The van der Waals surface area contributed by atoms with Gasteiger partial charge in [-0.05, 0) is 50.7 Å². The van der Waals surface area contributed by atoms with Crippen molar-refractivity contribution in [3.63, 3.8) is 0 Å². The molecule has 1 amide bonds. The van der Waals surface area contributed by atoms with Gasteiger partial charge in [-0.3, -0.25) is 4.79 Å². The summed E-state index contributed by atoms with van der Waals surface area (Å²) in [4.78, 5) is 15.4. The van der Waals surface area contributed by atoms with Gasteiger partial charge in [-0.1, -0.05) is 24.6 Å². The van der Waals surface area contributed by atoms with Crippen LogP contribution >= 0.6 is 11.8 Å². The fourth-order valence-corrected chi connectivity index (χ4v) is 5.43. The molecule has 1 aliphatic heterocycles. The molecule has 0 aromatic heterocycles. The number of nitrogens with one attached hydrogen (secondary N) is 2. The number of thioether (sulfide) groups is 1. The number of likely N-dealkylation sites (tertiary alicyclic amines) is 1. The van der Waals surface area contributed by atoms with Crippen molar-refractivity contribution in [1.82, 2.24) is 5.32 Å². The Morgan fingerprint density at radius 1 is 1.08 bits per heavy atom. The summed E-state index contributed by atoms with van der Waals surface area (Å²) in [6.45, 7) is 5.58. The van der Waals surface area contributed by atoms with Gasteiger partial charge in [0.05, 0.1) is 25.4 Å². The maximum absolute atomic E-state index is 12.5. The van der Waals surface area contributed by atoms with Crippen LogP contribution < -0.4 is 10.2 Å². The van der Waals surface area contributed by atoms with Crippen molar-refractivity contribution in [2.24, 2.45) is 0 Å². The highest BCUT2D eigenvalue weighted by molar-refractivity contribution is 8.00. The van der Waals surface area contributed by atoms with Crippen LogP contribution in [0.25, 0.3) is 0 Å². The number of hydrogen-bond donors (Lipinski definition) is 2. The van der Waals surface area contributed by atoms with E-state index in [4.69, 9.17) is 0 Å². The van der Waals surface area contributed by atoms with Crippen LogP contribution in [0.2, 0.25) is 0 Å². The van der Waals surface area contributed by atoms with Crippen LogP contribution in [0.3, 0.4) is 0 Å². The normalized spacial score (nSPS) is 21.0. The first-order valence-electron chi connectivity index (χ1n) is 10.00. The van der Waals surface area contributed by atoms with E-state index in [1.807, 2.05) is 12.1 Å². The lowest BCUT2D eigenvalue weighted by molar-refractivity contribution is -0.957. The highest BCUT2D eigenvalue weighted by Crippen LogP contribution is 2.26. The second-order valence-electron chi connectivity index (χ2n) is 7.84. The zero-order chi connectivity index (χ0) is 17.5. The molecule has 1 saturated carbocycles. The predicted molar refractivity (Wildman–Crippen MR) is 105 cm³/mol. The van der Waals surface area contributed by atoms with Crippen LogP contribution in [0.5, 0.6) is 0 Å². The van der Waals surface area contributed by atoms with Gasteiger partial charge in [0.1, 0.15) is 5.54 Å². The maximum Gasteiger partial charge on any atom is 0.230 e. The zero-order valence-corrected chi connectivity index (χ0v) is 16.4. The number of quaternary nitrogens is 1. The van der Waals surface area contributed by atoms with Gasteiger partial charge in [0.25, 0.3) is 0 Å². The second-order valence-corrected chi connectivity index (χ2v) is 8.85. The Morgan fingerprint density at radius 3 is 2.48 bits per heavy atom. The summed E-state index contributed by atoms with van der Waals surface area (Å²) in [7, 11) is 0. The minimum absolute atomic E-state index is 0.189. The molecule has 1 aliphatic carbocycles. The van der Waals surface area contributed by atoms with E-state index in [0.29, 0.717) is 11.3 Å². The first-order chi connectivity index (χ1) is 12.2. The number of carbonyl (C=O) groups excluding carboxylic acids is 1. The molecule has 1 aromatic carbocycles. The van der Waals surface area contributed by atoms with Gasteiger partial charge in [-0.2, -0.15) is 0 Å². The molecule has 25 heavy (non-hydrogen) atoms. The van der Waals surface area contributed by atoms with Crippen LogP contribution in [0.4, 0.5) is 0 Å². The lowest BCUT2D eigenvalue weighted by atomic mass is 9.79. The molecule has 2 N–H and O–H groups in total. The molecule has 0 bridgehead atoms. The van der Waals surface area contributed by atoms with Gasteiger partial charge < -0.3 is 10.2 Å². The van der Waals surface area contributed by atoms with Crippen molar-refractivity contribution in [1.29, 1.82) is 0 Å². The molecule has 0 unspecified atom stereocenters. The van der Waals surface area contributed by atoms with Crippen molar-refractivity contribution in [3.8, 4) is 0 Å². The van der Waals surface area contributed by atoms with Crippen molar-refractivity contribution in [2.45, 2.75) is 68.7 Å². The number of carbonyl (C=O) groups is 1. The highest BCUT2D eigenvalue weighted by atomic mass is 32.2. The summed E-state index contributed by atoms with van der Waals surface area (Å²) in [5.41, 5.74) is 1.56. The molecule has 2 aliphatic rings. The largest absolute Gasteiger partial charge is 0.349 e. The molecular formula is C21H33N2OS+. The monoisotopic (exact) mass is 361 g/mol. The molecule has 1 heterocycles. The Labute approximate surface area is 156 Å². The van der Waals surface area contributed by atoms with Crippen molar-refractivity contribution in [2.75, 3.05) is 25.4 Å². The first kappa shape index (κ1) is 18.8. The van der Waals surface area contributed by atoms with E-state index in [9.17, 15) is 4.79 Å². The van der Waals surface area contributed by atoms with Crippen molar-refractivity contribution < 1.29 is 9.69 Å². The van der Waals surface area contributed by atoms with Crippen LogP contribution in [0.15, 0.2) is 29.2 Å². The third-order valence-corrected chi connectivity index (χ3v) is 7.27. The highest BCUT2D eigenvalue weighted by Gasteiger charge is 2.42. The van der Waals surface area contributed by atoms with E-state index in [1.165, 1.54) is 74.9 Å². The van der Waals surface area contributed by atoms with Gasteiger partial charge in [0, 0.05) is 17.7 Å². The molecule has 0 radical (unpaired) electrons. The number of aryl methyl sites for hydroxylation is 1. The van der Waals surface area contributed by atoms with E-state index in [1.54, 1.807) is 16.7 Å². The minimum Gasteiger partial charge on any atom is -0.349 e. The Kier molecular flexibility index (Phi) is 6.83. The maximum atomic E-state index is 12.5. The van der Waals surface area contributed by atoms with Gasteiger partial charge >= 0.3 is 0 Å². The standard InChI is InChI=1S/C21H32N2OS/c1-18-10-4-5-11-19(18)25-16-20(24)22-17-21(12-6-2-7-13-21)23-14-8-3-9-15-23/h4-5,10-11H,2-3,6-9,12-17H2,1H3,(H,22,24)/p+1.